The number of carbonyl (C=O) groups is 4. The van der Waals surface area contributed by atoms with Gasteiger partial charge in [0.15, 0.2) is 40.2 Å². The van der Waals surface area contributed by atoms with E-state index >= 15 is 0 Å². The molecule has 0 radical (unpaired) electrons. The highest BCUT2D eigenvalue weighted by Crippen LogP contribution is 2.52. The molecular weight excluding hydrogens is 826 g/mol. The number of aliphatic hydroxyl groups is 7. The van der Waals surface area contributed by atoms with Gasteiger partial charge in [-0.15, -0.1) is 0 Å². The molecule has 20 heteroatoms. The van der Waals surface area contributed by atoms with E-state index in [9.17, 15) is 54.9 Å². The molecule has 9 N–H and O–H groups in total. The van der Waals surface area contributed by atoms with Gasteiger partial charge in [0.25, 0.3) is 0 Å². The van der Waals surface area contributed by atoms with Gasteiger partial charge >= 0.3 is 5.91 Å². The van der Waals surface area contributed by atoms with Crippen molar-refractivity contribution >= 4 is 47.0 Å². The number of para-hydroxylation sites is 1. The molecule has 1 amide bonds. The van der Waals surface area contributed by atoms with E-state index in [-0.39, 0.29) is 58.4 Å². The van der Waals surface area contributed by atoms with Crippen LogP contribution in [-0.2, 0) is 25.7 Å². The van der Waals surface area contributed by atoms with Crippen molar-refractivity contribution < 1.29 is 73.9 Å². The number of hydrogen-bond donors (Lipinski definition) is 8. The summed E-state index contributed by atoms with van der Waals surface area (Å²) in [7, 11) is 0. The lowest BCUT2D eigenvalue weighted by Gasteiger charge is -2.47. The molecule has 4 heterocycles. The molecule has 2 bridgehead atoms. The zero-order valence-electron chi connectivity index (χ0n) is 33.4. The maximum absolute atomic E-state index is 14.8. The van der Waals surface area contributed by atoms with Crippen LogP contribution in [0.15, 0.2) is 75.3 Å². The Morgan fingerprint density at radius 3 is 2.52 bits per heavy atom. The van der Waals surface area contributed by atoms with Gasteiger partial charge in [-0.3, -0.25) is 19.4 Å². The third kappa shape index (κ3) is 7.59. The molecule has 1 saturated heterocycles. The number of aliphatic hydroxyl groups excluding tert-OH is 6. The molecule has 1 aliphatic carbocycles. The maximum atomic E-state index is 14.8. The summed E-state index contributed by atoms with van der Waals surface area (Å²) in [4.78, 5) is 67.9. The fourth-order valence-electron chi connectivity index (χ4n) is 8.43. The molecule has 3 aromatic carbocycles. The molecule has 0 saturated carbocycles. The van der Waals surface area contributed by atoms with Crippen molar-refractivity contribution in [2.24, 2.45) is 20.7 Å². The van der Waals surface area contributed by atoms with Gasteiger partial charge in [0.05, 0.1) is 24.5 Å². The van der Waals surface area contributed by atoms with Crippen LogP contribution in [0.25, 0.3) is 0 Å². The number of ether oxygens (including phenoxy) is 4. The topological polar surface area (TPSA) is 313 Å². The second-order valence-electron chi connectivity index (χ2n) is 15.4. The van der Waals surface area contributed by atoms with Gasteiger partial charge in [-0.25, -0.2) is 0 Å². The van der Waals surface area contributed by atoms with E-state index in [1.54, 1.807) is 29.2 Å². The zero-order valence-corrected chi connectivity index (χ0v) is 33.4. The summed E-state index contributed by atoms with van der Waals surface area (Å²) in [6.45, 7) is -2.91. The third-order valence-corrected chi connectivity index (χ3v) is 11.5. The molecule has 63 heavy (non-hydrogen) atoms. The summed E-state index contributed by atoms with van der Waals surface area (Å²) in [5.41, 5.74) is 3.96. The number of hydrogen-bond acceptors (Lipinski definition) is 19. The van der Waals surface area contributed by atoms with E-state index in [4.69, 9.17) is 24.7 Å². The van der Waals surface area contributed by atoms with Gasteiger partial charge in [0.2, 0.25) is 12.2 Å². The van der Waals surface area contributed by atoms with E-state index in [0.29, 0.717) is 28.7 Å². The van der Waals surface area contributed by atoms with Crippen LogP contribution in [0.3, 0.4) is 0 Å². The number of aldehydes is 1. The van der Waals surface area contributed by atoms with Crippen molar-refractivity contribution in [2.45, 2.75) is 68.1 Å². The average molecular weight is 870 g/mol. The van der Waals surface area contributed by atoms with Crippen molar-refractivity contribution in [1.29, 1.82) is 0 Å². The highest BCUT2D eigenvalue weighted by molar-refractivity contribution is 6.72. The van der Waals surface area contributed by atoms with E-state index in [1.807, 2.05) is 0 Å². The molecule has 7 unspecified atom stereocenters. The Bertz CT molecular complexity index is 2500. The molecule has 3 aromatic rings. The highest BCUT2D eigenvalue weighted by atomic mass is 16.7. The Morgan fingerprint density at radius 2 is 1.78 bits per heavy atom. The second-order valence-corrected chi connectivity index (χ2v) is 15.4. The number of amides is 1. The lowest BCUT2D eigenvalue weighted by atomic mass is 9.77. The Hall–Kier alpha value is -6.23. The number of guanidine groups is 1. The maximum Gasteiger partial charge on any atom is 0.302 e. The van der Waals surface area contributed by atoms with Crippen molar-refractivity contribution in [3.63, 3.8) is 0 Å². The number of benzene rings is 3. The summed E-state index contributed by atoms with van der Waals surface area (Å²) in [6.07, 6.45) is -8.07. The monoisotopic (exact) mass is 869 g/mol. The molecule has 7 atom stereocenters. The number of ketones is 2. The van der Waals surface area contributed by atoms with Crippen LogP contribution < -0.4 is 20.1 Å². The number of nitrogens with zero attached hydrogens (tertiary/aromatic N) is 4. The zero-order chi connectivity index (χ0) is 44.7. The van der Waals surface area contributed by atoms with Crippen LogP contribution >= 0.6 is 0 Å². The summed E-state index contributed by atoms with van der Waals surface area (Å²) in [5, 5.41) is 76.3. The quantitative estimate of drug-likeness (QED) is 0.0802. The summed E-state index contributed by atoms with van der Waals surface area (Å²) in [6, 6.07) is 12.3. The largest absolute Gasteiger partial charge is 0.498 e. The molecular formula is C43H43N5O15. The predicted octanol–water partition coefficient (Wildman–Crippen LogP) is -0.878. The van der Waals surface area contributed by atoms with E-state index < -0.39 is 117 Å². The average Bonchev–Trinajstić information content (AvgIpc) is 3.69. The number of amidine groups is 1. The molecule has 0 aromatic heterocycles. The lowest BCUT2D eigenvalue weighted by molar-refractivity contribution is -0.323. The fourth-order valence-corrected chi connectivity index (χ4v) is 8.43. The van der Waals surface area contributed by atoms with Gasteiger partial charge in [-0.05, 0) is 47.4 Å². The lowest BCUT2D eigenvalue weighted by Crippen LogP contribution is -2.68. The van der Waals surface area contributed by atoms with Gasteiger partial charge < -0.3 is 70.1 Å². The fraction of sp³-hybridized carbons (Fsp3) is 0.372. The predicted molar refractivity (Wildman–Crippen MR) is 219 cm³/mol. The minimum Gasteiger partial charge on any atom is -0.498 e. The summed E-state index contributed by atoms with van der Waals surface area (Å²) >= 11 is 0. The smallest absolute Gasteiger partial charge is 0.302 e. The Balaban J connectivity index is 1.45. The molecule has 4 aliphatic heterocycles. The van der Waals surface area contributed by atoms with Crippen LogP contribution in [0.5, 0.6) is 11.5 Å². The first-order valence-electron chi connectivity index (χ1n) is 19.9. The van der Waals surface area contributed by atoms with Gasteiger partial charge in [0, 0.05) is 59.9 Å². The van der Waals surface area contributed by atoms with Crippen LogP contribution in [0, 0.1) is 0 Å². The first kappa shape index (κ1) is 43.4. The van der Waals surface area contributed by atoms with Crippen LogP contribution in [-0.4, -0.2) is 146 Å². The van der Waals surface area contributed by atoms with Crippen LogP contribution in [0.2, 0.25) is 0 Å². The highest BCUT2D eigenvalue weighted by Gasteiger charge is 2.57. The molecule has 20 nitrogen and oxygen atoms in total. The number of aliphatic imine (C=N–C) groups is 3. The van der Waals surface area contributed by atoms with Gasteiger partial charge in [0.1, 0.15) is 44.5 Å². The SMILES string of the molecule is NC1=NC(=O)C2=NCN(c3ccccc3C3C(CCO)=COCC4OC(Oc5c3cc3c(c5OCC(O)CC=O)C(=O)c5cc(CO)ccc5C3=O)C(O)(CCO)C(O)C4O)C2=N1. The number of rotatable bonds is 12. The molecule has 0 spiro atoms. The summed E-state index contributed by atoms with van der Waals surface area (Å²) in [5.74, 6) is -4.45. The molecule has 330 valence electrons. The van der Waals surface area contributed by atoms with Crippen LogP contribution in [0.1, 0.15) is 73.7 Å². The van der Waals surface area contributed by atoms with Crippen LogP contribution in [0.4, 0.5) is 5.69 Å². The molecule has 5 aliphatic rings. The second kappa shape index (κ2) is 17.5. The van der Waals surface area contributed by atoms with E-state index in [1.165, 1.54) is 30.5 Å². The molecule has 8 rings (SSSR count). The standard InChI is InChI=1S/C43H43N5O15/c44-42-46-39-32(40(58)47-42)45-19-48(39)28-4-2-1-3-24(28)30-21(7-10-49)16-60-18-29-35(56)38(57)43(59,9-12-51)41(62-29)63-36-27(30)14-26-31(37(36)61-17-22(53)8-11-50)34(55)25-13-20(15-52)5-6-23(25)33(26)54/h1-6,11,13-14,16,22,29-30,35,38,41,49,51-53,56-57,59H,7-10,12,15,17-19H2,(H2,44,47,58). The Labute approximate surface area is 357 Å². The minimum atomic E-state index is -2.56. The number of nitrogens with two attached hydrogens (primary N) is 1. The van der Waals surface area contributed by atoms with Crippen molar-refractivity contribution in [3.8, 4) is 11.5 Å². The first-order chi connectivity index (χ1) is 30.3. The van der Waals surface area contributed by atoms with Crippen molar-refractivity contribution in [2.75, 3.05) is 38.0 Å². The first-order valence-corrected chi connectivity index (χ1v) is 19.9. The number of fused-ring (bicyclic) bond motifs is 6. The minimum absolute atomic E-state index is 0.0121. The van der Waals surface area contributed by atoms with Crippen molar-refractivity contribution in [3.05, 3.63) is 99.3 Å². The van der Waals surface area contributed by atoms with E-state index in [0.717, 1.165) is 0 Å². The van der Waals surface area contributed by atoms with Gasteiger partial charge in [-0.2, -0.15) is 9.98 Å². The van der Waals surface area contributed by atoms with Crippen molar-refractivity contribution in [1.82, 2.24) is 0 Å². The van der Waals surface area contributed by atoms with E-state index in [2.05, 4.69) is 15.0 Å². The summed E-state index contributed by atoms with van der Waals surface area (Å²) < 4.78 is 25.0. The Morgan fingerprint density at radius 1 is 0.984 bits per heavy atom. The third-order valence-electron chi connectivity index (χ3n) is 11.5. The van der Waals surface area contributed by atoms with Gasteiger partial charge in [-0.1, -0.05) is 24.3 Å². The number of anilines is 1. The Kier molecular flexibility index (Phi) is 12.1. The number of carbonyl (C=O) groups excluding carboxylic acids is 4. The normalized spacial score (nSPS) is 25.7. The molecule has 1 fully saturated rings.